The van der Waals surface area contributed by atoms with Crippen molar-refractivity contribution in [3.05, 3.63) is 56.6 Å². The number of nitrogens with zero attached hydrogens (tertiary/aromatic N) is 1. The van der Waals surface area contributed by atoms with Crippen LogP contribution in [0.2, 0.25) is 0 Å². The highest BCUT2D eigenvalue weighted by Crippen LogP contribution is 2.02. The topological polar surface area (TPSA) is 29.5 Å². The summed E-state index contributed by atoms with van der Waals surface area (Å²) < 4.78 is 4.82. The summed E-state index contributed by atoms with van der Waals surface area (Å²) in [4.78, 5) is 13.4. The molecule has 3 nitrogen and oxygen atoms in total. The van der Waals surface area contributed by atoms with E-state index in [1.54, 1.807) is 7.11 Å². The summed E-state index contributed by atoms with van der Waals surface area (Å²) in [6.45, 7) is 0.790. The fourth-order valence-electron chi connectivity index (χ4n) is 1.70. The Labute approximate surface area is 99.9 Å². The predicted molar refractivity (Wildman–Crippen MR) is 68.2 cm³/mol. The largest absolute Gasteiger partial charge is 0.504 e. The summed E-state index contributed by atoms with van der Waals surface area (Å²) >= 11 is 0. The minimum Gasteiger partial charge on any atom is -0.504 e. The SMILES string of the molecule is COC=c1c(=O)c1=CN(C)Cc1ccccc1. The molecule has 0 aliphatic carbocycles. The van der Waals surface area contributed by atoms with Crippen molar-refractivity contribution in [2.24, 2.45) is 0 Å². The second-order valence-electron chi connectivity index (χ2n) is 4.04. The van der Waals surface area contributed by atoms with Crippen LogP contribution in [0.5, 0.6) is 0 Å². The van der Waals surface area contributed by atoms with Gasteiger partial charge >= 0.3 is 0 Å². The Morgan fingerprint density at radius 2 is 1.94 bits per heavy atom. The molecule has 0 saturated heterocycles. The van der Waals surface area contributed by atoms with E-state index in [1.165, 1.54) is 11.8 Å². The van der Waals surface area contributed by atoms with E-state index < -0.39 is 0 Å². The number of hydrogen-bond acceptors (Lipinski definition) is 3. The van der Waals surface area contributed by atoms with Crippen LogP contribution in [-0.2, 0) is 11.3 Å². The van der Waals surface area contributed by atoms with Gasteiger partial charge in [0, 0.05) is 19.8 Å². The molecule has 0 unspecified atom stereocenters. The van der Waals surface area contributed by atoms with Crippen LogP contribution in [-0.4, -0.2) is 19.1 Å². The van der Waals surface area contributed by atoms with E-state index in [0.717, 1.165) is 11.8 Å². The Bertz CT molecular complexity index is 606. The van der Waals surface area contributed by atoms with Crippen LogP contribution in [0.15, 0.2) is 35.1 Å². The zero-order valence-corrected chi connectivity index (χ0v) is 10.0. The smallest absolute Gasteiger partial charge is 0.199 e. The second-order valence-corrected chi connectivity index (χ2v) is 4.04. The first-order valence-electron chi connectivity index (χ1n) is 5.46. The molecule has 0 aliphatic heterocycles. The van der Waals surface area contributed by atoms with Gasteiger partial charge in [0.2, 0.25) is 0 Å². The van der Waals surface area contributed by atoms with E-state index in [2.05, 4.69) is 12.1 Å². The Kier molecular flexibility index (Phi) is 3.28. The Morgan fingerprint density at radius 3 is 2.59 bits per heavy atom. The first-order valence-corrected chi connectivity index (χ1v) is 5.46. The molecule has 88 valence electrons. The van der Waals surface area contributed by atoms with Crippen molar-refractivity contribution >= 4 is 12.5 Å². The summed E-state index contributed by atoms with van der Waals surface area (Å²) in [6.07, 6.45) is 3.35. The van der Waals surface area contributed by atoms with Crippen molar-refractivity contribution < 1.29 is 4.74 Å². The molecule has 17 heavy (non-hydrogen) atoms. The van der Waals surface area contributed by atoms with Crippen LogP contribution in [0.25, 0.3) is 12.5 Å². The van der Waals surface area contributed by atoms with Gasteiger partial charge in [-0.1, -0.05) is 30.3 Å². The number of ether oxygens (including phenoxy) is 1. The third-order valence-corrected chi connectivity index (χ3v) is 2.58. The zero-order chi connectivity index (χ0) is 12.3. The Morgan fingerprint density at radius 1 is 1.24 bits per heavy atom. The predicted octanol–water partition coefficient (Wildman–Crippen LogP) is 0.177. The highest BCUT2D eigenvalue weighted by atomic mass is 16.5. The monoisotopic (exact) mass is 229 g/mol. The lowest BCUT2D eigenvalue weighted by atomic mass is 10.2. The van der Waals surface area contributed by atoms with Gasteiger partial charge < -0.3 is 9.64 Å². The first-order chi connectivity index (χ1) is 8.22. The van der Waals surface area contributed by atoms with Gasteiger partial charge in [0.15, 0.2) is 5.43 Å². The van der Waals surface area contributed by atoms with Crippen molar-refractivity contribution in [2.75, 3.05) is 14.2 Å². The molecule has 0 N–H and O–H groups in total. The standard InChI is InChI=1S/C14H15NO2/c1-15(8-11-6-4-3-5-7-11)9-12-13(10-17-2)14(12)16/h3-7,9-10H,8H2,1-2H3. The lowest BCUT2D eigenvalue weighted by molar-refractivity contribution is 0.392. The van der Waals surface area contributed by atoms with Gasteiger partial charge in [0.05, 0.1) is 23.8 Å². The molecule has 0 amide bonds. The Balaban J connectivity index is 2.10. The number of benzene rings is 1. The molecule has 0 aliphatic rings. The van der Waals surface area contributed by atoms with Gasteiger partial charge in [0.1, 0.15) is 0 Å². The van der Waals surface area contributed by atoms with Gasteiger partial charge in [-0.15, -0.1) is 0 Å². The van der Waals surface area contributed by atoms with Gasteiger partial charge in [-0.25, -0.2) is 0 Å². The number of methoxy groups -OCH3 is 1. The fraction of sp³-hybridized carbons (Fsp3) is 0.214. The maximum Gasteiger partial charge on any atom is 0.199 e. The molecule has 0 fully saturated rings. The van der Waals surface area contributed by atoms with E-state index in [1.807, 2.05) is 36.3 Å². The molecular weight excluding hydrogens is 214 g/mol. The van der Waals surface area contributed by atoms with Gasteiger partial charge in [-0.05, 0) is 5.56 Å². The molecule has 3 heteroatoms. The third kappa shape index (κ3) is 2.75. The van der Waals surface area contributed by atoms with E-state index in [9.17, 15) is 4.79 Å². The van der Waals surface area contributed by atoms with E-state index in [0.29, 0.717) is 5.22 Å². The van der Waals surface area contributed by atoms with Crippen LogP contribution in [0.1, 0.15) is 5.56 Å². The lowest BCUT2D eigenvalue weighted by Crippen LogP contribution is -2.14. The summed E-state index contributed by atoms with van der Waals surface area (Å²) in [6, 6.07) is 10.1. The lowest BCUT2D eigenvalue weighted by Gasteiger charge is -2.12. The minimum atomic E-state index is 0.0757. The van der Waals surface area contributed by atoms with Crippen molar-refractivity contribution in [1.29, 1.82) is 0 Å². The first kappa shape index (κ1) is 11.5. The molecule has 0 aromatic heterocycles. The van der Waals surface area contributed by atoms with Crippen LogP contribution in [0.4, 0.5) is 0 Å². The van der Waals surface area contributed by atoms with Gasteiger partial charge in [-0.3, -0.25) is 4.79 Å². The second kappa shape index (κ2) is 4.87. The molecule has 0 saturated carbocycles. The van der Waals surface area contributed by atoms with E-state index in [4.69, 9.17) is 4.74 Å². The van der Waals surface area contributed by atoms with Crippen LogP contribution < -0.4 is 15.9 Å². The van der Waals surface area contributed by atoms with Gasteiger partial charge in [-0.2, -0.15) is 0 Å². The number of hydrogen-bond donors (Lipinski definition) is 0. The molecule has 2 rings (SSSR count). The van der Waals surface area contributed by atoms with Crippen molar-refractivity contribution in [1.82, 2.24) is 4.90 Å². The molecule has 2 aromatic rings. The average Bonchev–Trinajstić information content (AvgIpc) is 2.90. The highest BCUT2D eigenvalue weighted by molar-refractivity contribution is 5.35. The van der Waals surface area contributed by atoms with Gasteiger partial charge in [0.25, 0.3) is 0 Å². The quantitative estimate of drug-likeness (QED) is 0.749. The maximum absolute atomic E-state index is 11.4. The summed E-state index contributed by atoms with van der Waals surface area (Å²) in [5, 5.41) is 1.41. The van der Waals surface area contributed by atoms with E-state index in [-0.39, 0.29) is 5.43 Å². The molecule has 0 atom stereocenters. The minimum absolute atomic E-state index is 0.0757. The normalized spacial score (nSPS) is 13.3. The molecule has 0 spiro atoms. The summed E-state index contributed by atoms with van der Waals surface area (Å²) in [5.41, 5.74) is 1.30. The van der Waals surface area contributed by atoms with Crippen LogP contribution in [0, 0.1) is 0 Å². The molecular formula is C14H15NO2. The third-order valence-electron chi connectivity index (χ3n) is 2.58. The molecule has 0 radical (unpaired) electrons. The van der Waals surface area contributed by atoms with Crippen molar-refractivity contribution in [2.45, 2.75) is 6.54 Å². The van der Waals surface area contributed by atoms with Crippen molar-refractivity contribution in [3.63, 3.8) is 0 Å². The molecule has 2 aromatic carbocycles. The highest BCUT2D eigenvalue weighted by Gasteiger charge is 2.07. The zero-order valence-electron chi connectivity index (χ0n) is 10.0. The average molecular weight is 229 g/mol. The fourth-order valence-corrected chi connectivity index (χ4v) is 1.70. The summed E-state index contributed by atoms with van der Waals surface area (Å²) in [5.74, 6) is 0. The van der Waals surface area contributed by atoms with E-state index >= 15 is 0 Å². The Hall–Kier alpha value is -2.03. The maximum atomic E-state index is 11.4. The van der Waals surface area contributed by atoms with Crippen LogP contribution in [0.3, 0.4) is 0 Å². The van der Waals surface area contributed by atoms with Crippen molar-refractivity contribution in [3.8, 4) is 0 Å². The molecule has 0 bridgehead atoms. The molecule has 0 heterocycles. The van der Waals surface area contributed by atoms with Crippen LogP contribution >= 0.6 is 0 Å². The summed E-state index contributed by atoms with van der Waals surface area (Å²) in [7, 11) is 3.50. The number of rotatable bonds is 4.